The van der Waals surface area contributed by atoms with E-state index in [9.17, 15) is 0 Å². The zero-order valence-corrected chi connectivity index (χ0v) is 23.6. The summed E-state index contributed by atoms with van der Waals surface area (Å²) < 4.78 is 2.51. The molecule has 196 valence electrons. The first kappa shape index (κ1) is 22.5. The summed E-state index contributed by atoms with van der Waals surface area (Å²) in [5.74, 6) is 0. The van der Waals surface area contributed by atoms with E-state index in [1.54, 1.807) is 0 Å². The predicted molar refractivity (Wildman–Crippen MR) is 179 cm³/mol. The minimum atomic E-state index is -0.0245. The molecule has 2 aromatic heterocycles. The Bertz CT molecular complexity index is 2470. The first-order chi connectivity index (χ1) is 20.6. The fourth-order valence-corrected chi connectivity index (χ4v) is 7.97. The Hall–Kier alpha value is -5.14. The average Bonchev–Trinajstić information content (AvgIpc) is 3.60. The van der Waals surface area contributed by atoms with Crippen molar-refractivity contribution in [3.05, 3.63) is 139 Å². The lowest BCUT2D eigenvalue weighted by Gasteiger charge is -2.22. The van der Waals surface area contributed by atoms with Gasteiger partial charge >= 0.3 is 0 Å². The minimum absolute atomic E-state index is 0.0245. The number of hydrogen-bond donors (Lipinski definition) is 0. The maximum absolute atomic E-state index is 2.51. The molecular weight excluding hydrogens is 506 g/mol. The molecule has 9 aromatic rings. The molecule has 10 rings (SSSR count). The van der Waals surface area contributed by atoms with Crippen LogP contribution < -0.4 is 0 Å². The first-order valence-corrected chi connectivity index (χ1v) is 14.9. The second-order valence-electron chi connectivity index (χ2n) is 12.6. The average molecular weight is 534 g/mol. The summed E-state index contributed by atoms with van der Waals surface area (Å²) >= 11 is 0. The van der Waals surface area contributed by atoms with Crippen LogP contribution in [0.2, 0.25) is 0 Å². The molecule has 1 heteroatoms. The highest BCUT2D eigenvalue weighted by Gasteiger charge is 2.35. The molecule has 0 fully saturated rings. The minimum Gasteiger partial charge on any atom is -0.308 e. The third kappa shape index (κ3) is 2.74. The van der Waals surface area contributed by atoms with Crippen LogP contribution in [-0.4, -0.2) is 4.40 Å². The second kappa shape index (κ2) is 7.57. The number of fused-ring (bicyclic) bond motifs is 11. The molecule has 1 aliphatic rings. The zero-order chi connectivity index (χ0) is 27.7. The molecule has 7 aromatic carbocycles. The fraction of sp³-hybridized carbons (Fsp3) is 0.0732. The van der Waals surface area contributed by atoms with E-state index in [0.717, 1.165) is 0 Å². The van der Waals surface area contributed by atoms with Crippen LogP contribution >= 0.6 is 0 Å². The lowest BCUT2D eigenvalue weighted by atomic mass is 9.81. The first-order valence-electron chi connectivity index (χ1n) is 14.9. The maximum atomic E-state index is 2.51. The lowest BCUT2D eigenvalue weighted by molar-refractivity contribution is 0.660. The van der Waals surface area contributed by atoms with Gasteiger partial charge in [-0.2, -0.15) is 0 Å². The third-order valence-electron chi connectivity index (χ3n) is 10.0. The van der Waals surface area contributed by atoms with Gasteiger partial charge < -0.3 is 4.40 Å². The van der Waals surface area contributed by atoms with Crippen molar-refractivity contribution in [2.75, 3.05) is 0 Å². The van der Waals surface area contributed by atoms with Crippen molar-refractivity contribution >= 4 is 59.6 Å². The molecule has 0 bridgehead atoms. The Morgan fingerprint density at radius 2 is 0.952 bits per heavy atom. The van der Waals surface area contributed by atoms with Crippen molar-refractivity contribution in [2.45, 2.75) is 19.3 Å². The molecule has 42 heavy (non-hydrogen) atoms. The zero-order valence-electron chi connectivity index (χ0n) is 23.6. The predicted octanol–water partition coefficient (Wildman–Crippen LogP) is 11.1. The van der Waals surface area contributed by atoms with Gasteiger partial charge in [-0.3, -0.25) is 0 Å². The van der Waals surface area contributed by atoms with Gasteiger partial charge in [0.05, 0.1) is 16.6 Å². The summed E-state index contributed by atoms with van der Waals surface area (Å²) in [6, 6.07) is 47.9. The highest BCUT2D eigenvalue weighted by atomic mass is 14.9. The van der Waals surface area contributed by atoms with Crippen molar-refractivity contribution < 1.29 is 0 Å². The van der Waals surface area contributed by atoms with Crippen LogP contribution in [0.5, 0.6) is 0 Å². The van der Waals surface area contributed by atoms with Crippen LogP contribution in [0.4, 0.5) is 0 Å². The summed E-state index contributed by atoms with van der Waals surface area (Å²) in [5.41, 5.74) is 12.0. The van der Waals surface area contributed by atoms with Crippen molar-refractivity contribution in [1.82, 2.24) is 4.40 Å². The summed E-state index contributed by atoms with van der Waals surface area (Å²) in [5, 5.41) is 10.4. The van der Waals surface area contributed by atoms with E-state index in [1.165, 1.54) is 93.0 Å². The fourth-order valence-electron chi connectivity index (χ4n) is 7.97. The van der Waals surface area contributed by atoms with Gasteiger partial charge in [0, 0.05) is 27.0 Å². The Morgan fingerprint density at radius 3 is 1.57 bits per heavy atom. The smallest absolute Gasteiger partial charge is 0.0620 e. The van der Waals surface area contributed by atoms with Gasteiger partial charge in [0.15, 0.2) is 0 Å². The van der Waals surface area contributed by atoms with Crippen molar-refractivity contribution in [3.8, 4) is 22.3 Å². The van der Waals surface area contributed by atoms with Gasteiger partial charge in [0.1, 0.15) is 0 Å². The Morgan fingerprint density at radius 1 is 0.429 bits per heavy atom. The van der Waals surface area contributed by atoms with Crippen molar-refractivity contribution in [2.24, 2.45) is 0 Å². The topological polar surface area (TPSA) is 4.41 Å². The highest BCUT2D eigenvalue weighted by molar-refractivity contribution is 6.27. The number of benzene rings is 7. The number of rotatable bonds is 1. The van der Waals surface area contributed by atoms with Gasteiger partial charge in [-0.1, -0.05) is 98.8 Å². The largest absolute Gasteiger partial charge is 0.308 e. The van der Waals surface area contributed by atoms with Crippen LogP contribution in [0.15, 0.2) is 127 Å². The number of aromatic nitrogens is 1. The Labute approximate surface area is 243 Å². The van der Waals surface area contributed by atoms with E-state index in [2.05, 4.69) is 146 Å². The molecule has 0 aliphatic heterocycles. The normalized spacial score (nSPS) is 14.1. The molecule has 0 N–H and O–H groups in total. The van der Waals surface area contributed by atoms with Crippen LogP contribution in [0, 0.1) is 0 Å². The van der Waals surface area contributed by atoms with Crippen LogP contribution in [0.3, 0.4) is 0 Å². The number of hydrogen-bond acceptors (Lipinski definition) is 0. The Kier molecular flexibility index (Phi) is 4.06. The van der Waals surface area contributed by atoms with E-state index in [-0.39, 0.29) is 5.41 Å². The van der Waals surface area contributed by atoms with Crippen molar-refractivity contribution in [1.29, 1.82) is 0 Å². The quantitative estimate of drug-likeness (QED) is 0.198. The molecule has 2 heterocycles. The summed E-state index contributed by atoms with van der Waals surface area (Å²) in [4.78, 5) is 0. The van der Waals surface area contributed by atoms with Gasteiger partial charge in [-0.25, -0.2) is 0 Å². The molecule has 0 amide bonds. The van der Waals surface area contributed by atoms with Gasteiger partial charge in [-0.15, -0.1) is 0 Å². The maximum Gasteiger partial charge on any atom is 0.0620 e. The van der Waals surface area contributed by atoms with Gasteiger partial charge in [0.25, 0.3) is 0 Å². The molecule has 1 nitrogen and oxygen atoms in total. The lowest BCUT2D eigenvalue weighted by Crippen LogP contribution is -2.14. The number of nitrogens with zero attached hydrogens (tertiary/aromatic N) is 1. The van der Waals surface area contributed by atoms with E-state index in [0.29, 0.717) is 0 Å². The SMILES string of the molecule is CC1(C)c2ccccc2-c2ccc(-c3cc4c5cc6ccccc6cc5n5c6cc7ccccc7cc6c(c3)c45)cc21. The summed E-state index contributed by atoms with van der Waals surface area (Å²) in [6.07, 6.45) is 0. The monoisotopic (exact) mass is 533 g/mol. The van der Waals surface area contributed by atoms with E-state index >= 15 is 0 Å². The highest BCUT2D eigenvalue weighted by Crippen LogP contribution is 2.50. The molecule has 1 aliphatic carbocycles. The van der Waals surface area contributed by atoms with Crippen LogP contribution in [0.25, 0.3) is 81.9 Å². The van der Waals surface area contributed by atoms with Gasteiger partial charge in [0.2, 0.25) is 0 Å². The van der Waals surface area contributed by atoms with E-state index in [1.807, 2.05) is 0 Å². The summed E-state index contributed by atoms with van der Waals surface area (Å²) in [7, 11) is 0. The van der Waals surface area contributed by atoms with Crippen molar-refractivity contribution in [3.63, 3.8) is 0 Å². The molecule has 0 saturated heterocycles. The Balaban J connectivity index is 1.33. The van der Waals surface area contributed by atoms with E-state index in [4.69, 9.17) is 0 Å². The molecular formula is C41H27N. The van der Waals surface area contributed by atoms with E-state index < -0.39 is 0 Å². The van der Waals surface area contributed by atoms with Crippen LogP contribution in [0.1, 0.15) is 25.0 Å². The van der Waals surface area contributed by atoms with Gasteiger partial charge in [-0.05, 0) is 97.4 Å². The molecule has 0 atom stereocenters. The molecule has 0 saturated carbocycles. The summed E-state index contributed by atoms with van der Waals surface area (Å²) in [6.45, 7) is 4.73. The standard InChI is InChI=1S/C41H27N/c1-41(2)36-14-8-7-13-30(36)31-16-15-28(21-37(31)41)29-19-34-32-17-24-9-3-5-11-26(24)22-38(32)42-39-23-27-12-6-4-10-25(27)18-33(39)35(20-29)40(34)42/h3-23H,1-2H3. The van der Waals surface area contributed by atoms with Crippen LogP contribution in [-0.2, 0) is 5.41 Å². The second-order valence-corrected chi connectivity index (χ2v) is 12.6. The third-order valence-corrected chi connectivity index (χ3v) is 10.0. The molecule has 0 radical (unpaired) electrons. The molecule has 0 spiro atoms. The molecule has 0 unspecified atom stereocenters.